The molecule has 1 N–H and O–H groups in total. The van der Waals surface area contributed by atoms with E-state index >= 15 is 0 Å². The van der Waals surface area contributed by atoms with Crippen molar-refractivity contribution in [2.24, 2.45) is 0 Å². The van der Waals surface area contributed by atoms with E-state index in [1.807, 2.05) is 0 Å². The first-order valence-corrected chi connectivity index (χ1v) is 12.6. The maximum atomic E-state index is 11.3. The summed E-state index contributed by atoms with van der Waals surface area (Å²) in [5, 5.41) is 2.90. The molecular formula is C26H51NO. The minimum Gasteiger partial charge on any atom is -0.352 e. The first-order chi connectivity index (χ1) is 13.7. The molecule has 0 saturated carbocycles. The Morgan fingerprint density at radius 3 is 1.14 bits per heavy atom. The molecule has 166 valence electrons. The first kappa shape index (κ1) is 27.2. The van der Waals surface area contributed by atoms with E-state index in [4.69, 9.17) is 0 Å². The van der Waals surface area contributed by atoms with Gasteiger partial charge < -0.3 is 5.32 Å². The van der Waals surface area contributed by atoms with Crippen LogP contribution in [0.3, 0.4) is 0 Å². The Hall–Kier alpha value is -0.790. The van der Waals surface area contributed by atoms with Crippen LogP contribution in [-0.2, 0) is 4.79 Å². The highest BCUT2D eigenvalue weighted by atomic mass is 16.1. The minimum absolute atomic E-state index is 0.00203. The van der Waals surface area contributed by atoms with Gasteiger partial charge in [0.05, 0.1) is 0 Å². The number of rotatable bonds is 22. The fourth-order valence-electron chi connectivity index (χ4n) is 3.73. The van der Waals surface area contributed by atoms with Gasteiger partial charge in [0.15, 0.2) is 0 Å². The molecular weight excluding hydrogens is 342 g/mol. The lowest BCUT2D eigenvalue weighted by Gasteiger charge is -2.05. The fourth-order valence-corrected chi connectivity index (χ4v) is 3.73. The number of nitrogens with one attached hydrogen (secondary N) is 1. The molecule has 0 aliphatic carbocycles. The van der Waals surface area contributed by atoms with Crippen molar-refractivity contribution in [3.8, 4) is 0 Å². The van der Waals surface area contributed by atoms with Gasteiger partial charge in [-0.25, -0.2) is 0 Å². The van der Waals surface area contributed by atoms with Crippen LogP contribution in [0.15, 0.2) is 12.2 Å². The summed E-state index contributed by atoms with van der Waals surface area (Å²) in [5.41, 5.74) is 0.605. The van der Waals surface area contributed by atoms with Gasteiger partial charge in [-0.05, 0) is 13.3 Å². The predicted octanol–water partition coefficient (Wildman–Crippen LogP) is 8.50. The zero-order valence-corrected chi connectivity index (χ0v) is 19.5. The maximum Gasteiger partial charge on any atom is 0.246 e. The van der Waals surface area contributed by atoms with Gasteiger partial charge >= 0.3 is 0 Å². The number of unbranched alkanes of at least 4 members (excludes halogenated alkanes) is 19. The second kappa shape index (κ2) is 22.5. The molecule has 28 heavy (non-hydrogen) atoms. The van der Waals surface area contributed by atoms with E-state index in [0.717, 1.165) is 13.0 Å². The third-order valence-corrected chi connectivity index (χ3v) is 5.70. The van der Waals surface area contributed by atoms with Crippen molar-refractivity contribution in [1.82, 2.24) is 5.32 Å². The molecule has 0 atom stereocenters. The van der Waals surface area contributed by atoms with Crippen LogP contribution in [0, 0.1) is 0 Å². The number of hydrogen-bond donors (Lipinski definition) is 1. The molecule has 0 radical (unpaired) electrons. The lowest BCUT2D eigenvalue weighted by Crippen LogP contribution is -2.24. The normalized spacial score (nSPS) is 10.9. The van der Waals surface area contributed by atoms with E-state index < -0.39 is 0 Å². The summed E-state index contributed by atoms with van der Waals surface area (Å²) in [7, 11) is 0. The van der Waals surface area contributed by atoms with Gasteiger partial charge in [-0.2, -0.15) is 0 Å². The summed E-state index contributed by atoms with van der Waals surface area (Å²) in [5.74, 6) is -0.00203. The van der Waals surface area contributed by atoms with Crippen LogP contribution in [-0.4, -0.2) is 12.5 Å². The van der Waals surface area contributed by atoms with E-state index in [2.05, 4.69) is 18.8 Å². The van der Waals surface area contributed by atoms with Crippen LogP contribution in [0.2, 0.25) is 0 Å². The zero-order chi connectivity index (χ0) is 20.7. The van der Waals surface area contributed by atoms with Crippen LogP contribution < -0.4 is 5.32 Å². The van der Waals surface area contributed by atoms with Crippen LogP contribution >= 0.6 is 0 Å². The van der Waals surface area contributed by atoms with Crippen LogP contribution in [0.1, 0.15) is 142 Å². The van der Waals surface area contributed by atoms with Gasteiger partial charge in [-0.1, -0.05) is 135 Å². The van der Waals surface area contributed by atoms with Crippen molar-refractivity contribution in [1.29, 1.82) is 0 Å². The highest BCUT2D eigenvalue weighted by Gasteiger charge is 1.99. The van der Waals surface area contributed by atoms with Crippen LogP contribution in [0.4, 0.5) is 0 Å². The molecule has 2 nitrogen and oxygen atoms in total. The molecule has 0 aromatic heterocycles. The van der Waals surface area contributed by atoms with Crippen molar-refractivity contribution in [3.63, 3.8) is 0 Å². The number of carbonyl (C=O) groups is 1. The highest BCUT2D eigenvalue weighted by Crippen LogP contribution is 2.14. The SMILES string of the molecule is C=C(C)C(=O)NCCCCCCCCCCCCCCCCCCCCCC. The maximum absolute atomic E-state index is 11.3. The molecule has 1 amide bonds. The summed E-state index contributed by atoms with van der Waals surface area (Å²) >= 11 is 0. The van der Waals surface area contributed by atoms with Gasteiger partial charge in [0, 0.05) is 12.1 Å². The van der Waals surface area contributed by atoms with Crippen molar-refractivity contribution in [2.45, 2.75) is 142 Å². The van der Waals surface area contributed by atoms with Gasteiger partial charge in [0.2, 0.25) is 5.91 Å². The number of hydrogen-bond acceptors (Lipinski definition) is 1. The molecule has 2 heteroatoms. The Bertz CT molecular complexity index is 350. The van der Waals surface area contributed by atoms with Gasteiger partial charge in [-0.3, -0.25) is 4.79 Å². The van der Waals surface area contributed by atoms with Gasteiger partial charge in [0.1, 0.15) is 0 Å². The lowest BCUT2D eigenvalue weighted by atomic mass is 10.0. The smallest absolute Gasteiger partial charge is 0.246 e. The quantitative estimate of drug-likeness (QED) is 0.145. The molecule has 0 heterocycles. The summed E-state index contributed by atoms with van der Waals surface area (Å²) in [4.78, 5) is 11.3. The molecule has 0 bridgehead atoms. The van der Waals surface area contributed by atoms with Crippen molar-refractivity contribution in [2.75, 3.05) is 6.54 Å². The highest BCUT2D eigenvalue weighted by molar-refractivity contribution is 5.91. The largest absolute Gasteiger partial charge is 0.352 e. The summed E-state index contributed by atoms with van der Waals surface area (Å²) in [6, 6.07) is 0. The molecule has 0 spiro atoms. The number of carbonyl (C=O) groups excluding carboxylic acids is 1. The molecule has 0 aromatic carbocycles. The van der Waals surface area contributed by atoms with Gasteiger partial charge in [0.25, 0.3) is 0 Å². The standard InChI is InChI=1S/C26H51NO/c1-4-5-6-7-8-9-10-11-12-13-14-15-16-17-18-19-20-21-22-23-24-27-26(28)25(2)3/h2,4-24H2,1,3H3,(H,27,28). The molecule has 0 saturated heterocycles. The summed E-state index contributed by atoms with van der Waals surface area (Å²) in [6.45, 7) is 8.49. The van der Waals surface area contributed by atoms with Crippen molar-refractivity contribution in [3.05, 3.63) is 12.2 Å². The average molecular weight is 394 g/mol. The fraction of sp³-hybridized carbons (Fsp3) is 0.885. The van der Waals surface area contributed by atoms with Gasteiger partial charge in [-0.15, -0.1) is 0 Å². The average Bonchev–Trinajstić information content (AvgIpc) is 2.68. The van der Waals surface area contributed by atoms with Crippen LogP contribution in [0.5, 0.6) is 0 Å². The van der Waals surface area contributed by atoms with E-state index in [1.165, 1.54) is 122 Å². The molecule has 0 rings (SSSR count). The Morgan fingerprint density at radius 1 is 0.571 bits per heavy atom. The van der Waals surface area contributed by atoms with Crippen molar-refractivity contribution >= 4 is 5.91 Å². The first-order valence-electron chi connectivity index (χ1n) is 12.6. The molecule has 0 aliphatic heterocycles. The third kappa shape index (κ3) is 21.5. The lowest BCUT2D eigenvalue weighted by molar-refractivity contribution is -0.117. The van der Waals surface area contributed by atoms with E-state index in [1.54, 1.807) is 6.92 Å². The van der Waals surface area contributed by atoms with E-state index in [-0.39, 0.29) is 5.91 Å². The van der Waals surface area contributed by atoms with Crippen molar-refractivity contribution < 1.29 is 4.79 Å². The predicted molar refractivity (Wildman–Crippen MR) is 126 cm³/mol. The second-order valence-electron chi connectivity index (χ2n) is 8.75. The Kier molecular flexibility index (Phi) is 21.9. The third-order valence-electron chi connectivity index (χ3n) is 5.70. The topological polar surface area (TPSA) is 29.1 Å². The Labute approximate surface area is 177 Å². The Balaban J connectivity index is 3.05. The van der Waals surface area contributed by atoms with Crippen LogP contribution in [0.25, 0.3) is 0 Å². The Morgan fingerprint density at radius 2 is 0.857 bits per heavy atom. The molecule has 0 unspecified atom stereocenters. The summed E-state index contributed by atoms with van der Waals surface area (Å²) in [6.07, 6.45) is 28.0. The minimum atomic E-state index is -0.00203. The monoisotopic (exact) mass is 393 g/mol. The zero-order valence-electron chi connectivity index (χ0n) is 19.5. The summed E-state index contributed by atoms with van der Waals surface area (Å²) < 4.78 is 0. The molecule has 0 aromatic rings. The molecule has 0 fully saturated rings. The number of amides is 1. The molecule has 0 aliphatic rings. The van der Waals surface area contributed by atoms with E-state index in [0.29, 0.717) is 5.57 Å². The second-order valence-corrected chi connectivity index (χ2v) is 8.75. The van der Waals surface area contributed by atoms with E-state index in [9.17, 15) is 4.79 Å².